The summed E-state index contributed by atoms with van der Waals surface area (Å²) in [5.74, 6) is 0.132. The van der Waals surface area contributed by atoms with Crippen LogP contribution in [-0.4, -0.2) is 21.5 Å². The van der Waals surface area contributed by atoms with Crippen molar-refractivity contribution in [1.82, 2.24) is 10.2 Å². The summed E-state index contributed by atoms with van der Waals surface area (Å²) < 4.78 is 0. The lowest BCUT2D eigenvalue weighted by atomic mass is 10.4. The van der Waals surface area contributed by atoms with Crippen LogP contribution in [0.5, 0.6) is 0 Å². The van der Waals surface area contributed by atoms with Gasteiger partial charge < -0.3 is 5.32 Å². The van der Waals surface area contributed by atoms with Crippen LogP contribution < -0.4 is 5.32 Å². The molecule has 0 aromatic carbocycles. The monoisotopic (exact) mass is 185 g/mol. The van der Waals surface area contributed by atoms with E-state index in [0.717, 1.165) is 0 Å². The van der Waals surface area contributed by atoms with Crippen molar-refractivity contribution >= 4 is 23.3 Å². The minimum Gasteiger partial charge on any atom is -0.308 e. The summed E-state index contributed by atoms with van der Waals surface area (Å²) in [4.78, 5) is 11.0. The predicted octanol–water partition coefficient (Wildman–Crippen LogP) is 1.04. The van der Waals surface area contributed by atoms with Crippen molar-refractivity contribution in [3.8, 4) is 0 Å². The van der Waals surface area contributed by atoms with Crippen molar-refractivity contribution in [2.45, 2.75) is 12.3 Å². The van der Waals surface area contributed by atoms with Gasteiger partial charge in [-0.3, -0.25) is 4.79 Å². The molecule has 0 aliphatic carbocycles. The fourth-order valence-electron chi connectivity index (χ4n) is 0.594. The first-order valence-electron chi connectivity index (χ1n) is 3.43. The normalized spacial score (nSPS) is 12.2. The molecule has 1 rings (SSSR count). The quantitative estimate of drug-likeness (QED) is 0.701. The van der Waals surface area contributed by atoms with Crippen LogP contribution in [0.1, 0.15) is 6.92 Å². The summed E-state index contributed by atoms with van der Waals surface area (Å²) in [5.41, 5.74) is 0. The molecule has 1 heterocycles. The van der Waals surface area contributed by atoms with E-state index in [4.69, 9.17) is 11.6 Å². The smallest absolute Gasteiger partial charge is 0.243 e. The Morgan fingerprint density at radius 1 is 1.75 bits per heavy atom. The van der Waals surface area contributed by atoms with Crippen LogP contribution in [0, 0.1) is 0 Å². The number of anilines is 1. The molecule has 1 unspecified atom stereocenters. The second kappa shape index (κ2) is 4.01. The Bertz CT molecular complexity index is 263. The minimum absolute atomic E-state index is 0.280. The number of carbonyl (C=O) groups excluding carboxylic acids is 1. The molecule has 12 heavy (non-hydrogen) atoms. The van der Waals surface area contributed by atoms with Crippen LogP contribution in [0.4, 0.5) is 5.82 Å². The van der Waals surface area contributed by atoms with Gasteiger partial charge in [0.15, 0.2) is 5.82 Å². The molecule has 0 saturated carbocycles. The number of nitrogens with one attached hydrogen (secondary N) is 1. The third kappa shape index (κ3) is 2.47. The standard InChI is InChI=1S/C7H8ClN3O/c1-5(8)7(12)10-6-3-2-4-9-11-6/h2-5H,1H3,(H,10,11,12). The maximum Gasteiger partial charge on any atom is 0.243 e. The average Bonchev–Trinajstić information content (AvgIpc) is 2.06. The highest BCUT2D eigenvalue weighted by molar-refractivity contribution is 6.32. The molecule has 5 heteroatoms. The van der Waals surface area contributed by atoms with Crippen LogP contribution in [0.3, 0.4) is 0 Å². The topological polar surface area (TPSA) is 54.9 Å². The predicted molar refractivity (Wildman–Crippen MR) is 46.0 cm³/mol. The van der Waals surface area contributed by atoms with Gasteiger partial charge in [0.1, 0.15) is 5.38 Å². The molecule has 4 nitrogen and oxygen atoms in total. The van der Waals surface area contributed by atoms with Crippen LogP contribution in [0.2, 0.25) is 0 Å². The van der Waals surface area contributed by atoms with Crippen molar-refractivity contribution < 1.29 is 4.79 Å². The summed E-state index contributed by atoms with van der Waals surface area (Å²) in [5, 5.41) is 9.18. The average molecular weight is 186 g/mol. The molecular formula is C7H8ClN3O. The number of hydrogen-bond acceptors (Lipinski definition) is 3. The Morgan fingerprint density at radius 3 is 3.00 bits per heavy atom. The zero-order chi connectivity index (χ0) is 8.97. The van der Waals surface area contributed by atoms with Crippen molar-refractivity contribution in [2.75, 3.05) is 5.32 Å². The summed E-state index contributed by atoms with van der Waals surface area (Å²) in [6, 6.07) is 3.33. The van der Waals surface area contributed by atoms with E-state index in [1.165, 1.54) is 6.20 Å². The van der Waals surface area contributed by atoms with E-state index in [2.05, 4.69) is 15.5 Å². The maximum absolute atomic E-state index is 11.0. The van der Waals surface area contributed by atoms with Gasteiger partial charge in [-0.2, -0.15) is 5.10 Å². The van der Waals surface area contributed by atoms with Crippen molar-refractivity contribution in [3.63, 3.8) is 0 Å². The molecule has 1 aromatic heterocycles. The fraction of sp³-hybridized carbons (Fsp3) is 0.286. The van der Waals surface area contributed by atoms with E-state index in [1.807, 2.05) is 0 Å². The minimum atomic E-state index is -0.563. The number of carbonyl (C=O) groups is 1. The van der Waals surface area contributed by atoms with Gasteiger partial charge in [-0.15, -0.1) is 16.7 Å². The third-order valence-electron chi connectivity index (χ3n) is 1.18. The third-order valence-corrected chi connectivity index (χ3v) is 1.38. The first-order valence-corrected chi connectivity index (χ1v) is 3.86. The highest BCUT2D eigenvalue weighted by Gasteiger charge is 2.08. The van der Waals surface area contributed by atoms with E-state index in [1.54, 1.807) is 19.1 Å². The van der Waals surface area contributed by atoms with Gasteiger partial charge in [0.2, 0.25) is 5.91 Å². The molecule has 0 fully saturated rings. The molecular weight excluding hydrogens is 178 g/mol. The van der Waals surface area contributed by atoms with E-state index in [9.17, 15) is 4.79 Å². The van der Waals surface area contributed by atoms with Crippen LogP contribution >= 0.6 is 11.6 Å². The Morgan fingerprint density at radius 2 is 2.50 bits per heavy atom. The van der Waals surface area contributed by atoms with Crippen LogP contribution in [-0.2, 0) is 4.79 Å². The number of amides is 1. The van der Waals surface area contributed by atoms with Gasteiger partial charge in [-0.1, -0.05) is 0 Å². The van der Waals surface area contributed by atoms with Crippen molar-refractivity contribution in [3.05, 3.63) is 18.3 Å². The molecule has 1 amide bonds. The summed E-state index contributed by atoms with van der Waals surface area (Å²) in [6.45, 7) is 1.59. The van der Waals surface area contributed by atoms with Gasteiger partial charge in [0, 0.05) is 6.20 Å². The highest BCUT2D eigenvalue weighted by Crippen LogP contribution is 2.01. The van der Waals surface area contributed by atoms with Crippen molar-refractivity contribution in [2.24, 2.45) is 0 Å². The Hall–Kier alpha value is -1.16. The summed E-state index contributed by atoms with van der Waals surface area (Å²) >= 11 is 5.52. The van der Waals surface area contributed by atoms with Crippen LogP contribution in [0.15, 0.2) is 18.3 Å². The van der Waals surface area contributed by atoms with Crippen LogP contribution in [0.25, 0.3) is 0 Å². The molecule has 0 bridgehead atoms. The Labute approximate surface area is 74.9 Å². The fourth-order valence-corrected chi connectivity index (χ4v) is 0.648. The van der Waals surface area contributed by atoms with Gasteiger partial charge >= 0.3 is 0 Å². The first-order chi connectivity index (χ1) is 5.70. The zero-order valence-corrected chi connectivity index (χ0v) is 7.25. The maximum atomic E-state index is 11.0. The molecule has 0 radical (unpaired) electrons. The zero-order valence-electron chi connectivity index (χ0n) is 6.49. The Balaban J connectivity index is 2.59. The largest absolute Gasteiger partial charge is 0.308 e. The van der Waals surface area contributed by atoms with E-state index < -0.39 is 5.38 Å². The lowest BCUT2D eigenvalue weighted by molar-refractivity contribution is -0.115. The molecule has 0 spiro atoms. The molecule has 1 atom stereocenters. The van der Waals surface area contributed by atoms with Gasteiger partial charge in [0.05, 0.1) is 0 Å². The molecule has 1 N–H and O–H groups in total. The molecule has 0 saturated heterocycles. The second-order valence-electron chi connectivity index (χ2n) is 2.21. The summed E-state index contributed by atoms with van der Waals surface area (Å²) in [6.07, 6.45) is 1.53. The number of hydrogen-bond donors (Lipinski definition) is 1. The number of alkyl halides is 1. The van der Waals surface area contributed by atoms with Gasteiger partial charge in [-0.25, -0.2) is 0 Å². The van der Waals surface area contributed by atoms with E-state index in [0.29, 0.717) is 5.82 Å². The molecule has 0 aliphatic heterocycles. The summed E-state index contributed by atoms with van der Waals surface area (Å²) in [7, 11) is 0. The number of aromatic nitrogens is 2. The van der Waals surface area contributed by atoms with E-state index in [-0.39, 0.29) is 5.91 Å². The molecule has 1 aromatic rings. The van der Waals surface area contributed by atoms with E-state index >= 15 is 0 Å². The number of rotatable bonds is 2. The SMILES string of the molecule is CC(Cl)C(=O)Nc1cccnn1. The molecule has 0 aliphatic rings. The lowest BCUT2D eigenvalue weighted by Crippen LogP contribution is -2.20. The Kier molecular flexibility index (Phi) is 2.99. The first kappa shape index (κ1) is 8.93. The second-order valence-corrected chi connectivity index (χ2v) is 2.87. The number of halogens is 1. The lowest BCUT2D eigenvalue weighted by Gasteiger charge is -2.03. The highest BCUT2D eigenvalue weighted by atomic mass is 35.5. The van der Waals surface area contributed by atoms with Crippen molar-refractivity contribution in [1.29, 1.82) is 0 Å². The molecule has 64 valence electrons. The van der Waals surface area contributed by atoms with Gasteiger partial charge in [0.25, 0.3) is 0 Å². The van der Waals surface area contributed by atoms with Gasteiger partial charge in [-0.05, 0) is 19.1 Å². The number of nitrogens with zero attached hydrogens (tertiary/aromatic N) is 2.